The molecule has 0 aliphatic heterocycles. The number of aryl methyl sites for hydroxylation is 1. The molecule has 5 heteroatoms. The minimum atomic E-state index is -2.95. The molecule has 2 aromatic rings. The summed E-state index contributed by atoms with van der Waals surface area (Å²) in [4.78, 5) is 21.3. The topological polar surface area (TPSA) is 74.6 Å². The molecule has 2 N–H and O–H groups in total. The monoisotopic (exact) mass is 332 g/mol. The van der Waals surface area contributed by atoms with Crippen molar-refractivity contribution < 1.29 is 19.4 Å². The molecule has 0 aromatic heterocycles. The number of rotatable bonds is 8. The van der Waals surface area contributed by atoms with E-state index >= 15 is 0 Å². The second-order valence-corrected chi connectivity index (χ2v) is 6.97. The first kappa shape index (κ1) is 17.5. The quantitative estimate of drug-likeness (QED) is 0.723. The SMILES string of the molecule is O=C(O)C(c1ccccc1)C(CCCc1ccccc1)[PH](=O)O. The van der Waals surface area contributed by atoms with E-state index in [0.29, 0.717) is 18.4 Å². The minimum Gasteiger partial charge on any atom is -0.481 e. The van der Waals surface area contributed by atoms with Crippen LogP contribution in [-0.2, 0) is 15.8 Å². The van der Waals surface area contributed by atoms with E-state index < -0.39 is 25.6 Å². The molecular weight excluding hydrogens is 311 g/mol. The predicted molar refractivity (Wildman–Crippen MR) is 91.2 cm³/mol. The van der Waals surface area contributed by atoms with Gasteiger partial charge in [0.1, 0.15) is 0 Å². The third-order valence-electron chi connectivity index (χ3n) is 3.97. The smallest absolute Gasteiger partial charge is 0.311 e. The molecule has 0 saturated carbocycles. The molecular formula is C18H21O4P. The van der Waals surface area contributed by atoms with Gasteiger partial charge in [-0.15, -0.1) is 0 Å². The number of benzene rings is 2. The van der Waals surface area contributed by atoms with Gasteiger partial charge in [0.05, 0.1) is 11.6 Å². The zero-order valence-electron chi connectivity index (χ0n) is 12.8. The summed E-state index contributed by atoms with van der Waals surface area (Å²) in [6, 6.07) is 18.6. The van der Waals surface area contributed by atoms with Gasteiger partial charge >= 0.3 is 5.97 Å². The van der Waals surface area contributed by atoms with E-state index in [9.17, 15) is 19.4 Å². The van der Waals surface area contributed by atoms with Crippen molar-refractivity contribution in [3.8, 4) is 0 Å². The van der Waals surface area contributed by atoms with Gasteiger partial charge in [-0.25, -0.2) is 0 Å². The second-order valence-electron chi connectivity index (χ2n) is 5.55. The molecule has 3 atom stereocenters. The van der Waals surface area contributed by atoms with Gasteiger partial charge in [0, 0.05) is 0 Å². The molecule has 0 amide bonds. The van der Waals surface area contributed by atoms with Crippen LogP contribution in [0.3, 0.4) is 0 Å². The van der Waals surface area contributed by atoms with Gasteiger partial charge in [0.25, 0.3) is 0 Å². The van der Waals surface area contributed by atoms with Crippen molar-refractivity contribution in [2.45, 2.75) is 30.8 Å². The Morgan fingerprint density at radius 3 is 2.09 bits per heavy atom. The fourth-order valence-corrected chi connectivity index (χ4v) is 3.88. The Morgan fingerprint density at radius 2 is 1.57 bits per heavy atom. The average Bonchev–Trinajstić information content (AvgIpc) is 2.55. The highest BCUT2D eigenvalue weighted by Crippen LogP contribution is 2.38. The first-order valence-corrected chi connectivity index (χ1v) is 9.07. The molecule has 0 aliphatic carbocycles. The maximum atomic E-state index is 11.8. The lowest BCUT2D eigenvalue weighted by Crippen LogP contribution is -2.24. The summed E-state index contributed by atoms with van der Waals surface area (Å²) in [5.41, 5.74) is 0.983. The van der Waals surface area contributed by atoms with Crippen LogP contribution in [0.4, 0.5) is 0 Å². The Balaban J connectivity index is 2.09. The third kappa shape index (κ3) is 5.05. The molecule has 0 heterocycles. The normalized spacial score (nSPS) is 14.8. The standard InChI is InChI=1S/C18H21O4P/c19-18(20)17(15-11-5-2-6-12-15)16(23(21)22)13-7-10-14-8-3-1-4-9-14/h1-6,8-9,11-12,16-17,23H,7,10,13H2,(H,19,20)(H,21,22). The van der Waals surface area contributed by atoms with Crippen LogP contribution < -0.4 is 0 Å². The van der Waals surface area contributed by atoms with Crippen molar-refractivity contribution in [1.29, 1.82) is 0 Å². The largest absolute Gasteiger partial charge is 0.481 e. The van der Waals surface area contributed by atoms with Crippen LogP contribution in [0.15, 0.2) is 60.7 Å². The Morgan fingerprint density at radius 1 is 1.00 bits per heavy atom. The molecule has 0 radical (unpaired) electrons. The zero-order valence-corrected chi connectivity index (χ0v) is 13.8. The highest BCUT2D eigenvalue weighted by atomic mass is 31.1. The summed E-state index contributed by atoms with van der Waals surface area (Å²) in [5, 5.41) is 9.53. The summed E-state index contributed by atoms with van der Waals surface area (Å²) < 4.78 is 11.8. The molecule has 0 saturated heterocycles. The number of carbonyl (C=O) groups is 1. The summed E-state index contributed by atoms with van der Waals surface area (Å²) in [7, 11) is -2.95. The summed E-state index contributed by atoms with van der Waals surface area (Å²) >= 11 is 0. The van der Waals surface area contributed by atoms with Crippen LogP contribution in [0.25, 0.3) is 0 Å². The molecule has 2 rings (SSSR count). The lowest BCUT2D eigenvalue weighted by Gasteiger charge is -2.22. The summed E-state index contributed by atoms with van der Waals surface area (Å²) in [6.45, 7) is 0. The second kappa shape index (κ2) is 8.66. The molecule has 0 aliphatic rings. The fourth-order valence-electron chi connectivity index (χ4n) is 2.81. The van der Waals surface area contributed by atoms with E-state index in [2.05, 4.69) is 0 Å². The van der Waals surface area contributed by atoms with Gasteiger partial charge < -0.3 is 10.00 Å². The predicted octanol–water partition coefficient (Wildman–Crippen LogP) is 3.71. The zero-order chi connectivity index (χ0) is 16.7. The molecule has 0 spiro atoms. The minimum absolute atomic E-state index is 0.412. The van der Waals surface area contributed by atoms with Crippen molar-refractivity contribution in [2.24, 2.45) is 0 Å². The van der Waals surface area contributed by atoms with Crippen molar-refractivity contribution in [3.63, 3.8) is 0 Å². The van der Waals surface area contributed by atoms with Crippen LogP contribution in [0.1, 0.15) is 29.9 Å². The van der Waals surface area contributed by atoms with Crippen LogP contribution in [0.5, 0.6) is 0 Å². The van der Waals surface area contributed by atoms with Crippen molar-refractivity contribution in [1.82, 2.24) is 0 Å². The van der Waals surface area contributed by atoms with Gasteiger partial charge in [-0.3, -0.25) is 9.36 Å². The molecule has 0 bridgehead atoms. The van der Waals surface area contributed by atoms with E-state index in [1.54, 1.807) is 30.3 Å². The summed E-state index contributed by atoms with van der Waals surface area (Å²) in [6.07, 6.45) is 1.87. The fraction of sp³-hybridized carbons (Fsp3) is 0.278. The Hall–Kier alpha value is -1.90. The van der Waals surface area contributed by atoms with Crippen LogP contribution in [0, 0.1) is 0 Å². The van der Waals surface area contributed by atoms with Crippen molar-refractivity contribution in [2.75, 3.05) is 0 Å². The van der Waals surface area contributed by atoms with Gasteiger partial charge in [-0.1, -0.05) is 60.7 Å². The Labute approximate surface area is 136 Å². The average molecular weight is 332 g/mol. The number of carboxylic acid groups (broad SMARTS) is 1. The molecule has 0 fully saturated rings. The lowest BCUT2D eigenvalue weighted by molar-refractivity contribution is -0.138. The van der Waals surface area contributed by atoms with E-state index in [-0.39, 0.29) is 0 Å². The molecule has 3 unspecified atom stereocenters. The first-order valence-electron chi connectivity index (χ1n) is 7.64. The van der Waals surface area contributed by atoms with E-state index in [0.717, 1.165) is 12.0 Å². The molecule has 23 heavy (non-hydrogen) atoms. The van der Waals surface area contributed by atoms with E-state index in [4.69, 9.17) is 0 Å². The summed E-state index contributed by atoms with van der Waals surface area (Å²) in [5.74, 6) is -1.99. The van der Waals surface area contributed by atoms with E-state index in [1.165, 1.54) is 0 Å². The van der Waals surface area contributed by atoms with Crippen LogP contribution >= 0.6 is 8.03 Å². The Bertz CT molecular complexity index is 643. The van der Waals surface area contributed by atoms with Crippen molar-refractivity contribution in [3.05, 3.63) is 71.8 Å². The molecule has 2 aromatic carbocycles. The highest BCUT2D eigenvalue weighted by molar-refractivity contribution is 7.39. The van der Waals surface area contributed by atoms with Gasteiger partial charge in [0.15, 0.2) is 8.03 Å². The van der Waals surface area contributed by atoms with Gasteiger partial charge in [-0.05, 0) is 30.4 Å². The van der Waals surface area contributed by atoms with Gasteiger partial charge in [0.2, 0.25) is 0 Å². The third-order valence-corrected chi connectivity index (χ3v) is 5.22. The molecule has 122 valence electrons. The number of hydrogen-bond acceptors (Lipinski definition) is 2. The maximum absolute atomic E-state index is 11.8. The van der Waals surface area contributed by atoms with Crippen molar-refractivity contribution >= 4 is 14.0 Å². The van der Waals surface area contributed by atoms with Gasteiger partial charge in [-0.2, -0.15) is 0 Å². The highest BCUT2D eigenvalue weighted by Gasteiger charge is 2.32. The van der Waals surface area contributed by atoms with Crippen LogP contribution in [0.2, 0.25) is 0 Å². The maximum Gasteiger partial charge on any atom is 0.311 e. The lowest BCUT2D eigenvalue weighted by atomic mass is 9.92. The first-order chi connectivity index (χ1) is 11.1. The Kier molecular flexibility index (Phi) is 6.57. The molecule has 4 nitrogen and oxygen atoms in total. The van der Waals surface area contributed by atoms with E-state index in [1.807, 2.05) is 30.3 Å². The number of carboxylic acids is 1. The number of aliphatic carboxylic acids is 1. The number of hydrogen-bond donors (Lipinski definition) is 2. The van der Waals surface area contributed by atoms with Crippen LogP contribution in [-0.4, -0.2) is 21.6 Å².